The third-order valence-corrected chi connectivity index (χ3v) is 3.07. The highest BCUT2D eigenvalue weighted by molar-refractivity contribution is 6.35. The number of nitrogens with one attached hydrogen (secondary N) is 2. The average molecular weight is 283 g/mol. The van der Waals surface area contributed by atoms with Crippen molar-refractivity contribution in [1.29, 1.82) is 0 Å². The molecule has 1 aromatic carbocycles. The molecule has 2 N–H and O–H groups in total. The number of hydrogen-bond donors (Lipinski definition) is 2. The maximum Gasteiger partial charge on any atom is 0.138 e. The number of anilines is 3. The molecule has 2 aromatic rings. The summed E-state index contributed by atoms with van der Waals surface area (Å²) in [7, 11) is 1.81. The van der Waals surface area contributed by atoms with Gasteiger partial charge in [0.15, 0.2) is 0 Å². The number of benzene rings is 1. The van der Waals surface area contributed by atoms with Gasteiger partial charge in [-0.2, -0.15) is 0 Å². The van der Waals surface area contributed by atoms with Gasteiger partial charge < -0.3 is 10.6 Å². The van der Waals surface area contributed by atoms with Crippen LogP contribution in [0.5, 0.6) is 0 Å². The summed E-state index contributed by atoms with van der Waals surface area (Å²) in [6.45, 7) is 1.92. The first-order valence-corrected chi connectivity index (χ1v) is 6.09. The highest BCUT2D eigenvalue weighted by atomic mass is 35.5. The molecule has 1 heterocycles. The quantitative estimate of drug-likeness (QED) is 0.897. The van der Waals surface area contributed by atoms with Gasteiger partial charge in [-0.25, -0.2) is 9.97 Å². The Morgan fingerprint density at radius 3 is 2.56 bits per heavy atom. The lowest BCUT2D eigenvalue weighted by Gasteiger charge is -2.12. The second-order valence-electron chi connectivity index (χ2n) is 3.70. The summed E-state index contributed by atoms with van der Waals surface area (Å²) in [6, 6.07) is 5.23. The molecule has 6 heteroatoms. The Bertz CT molecular complexity index is 572. The van der Waals surface area contributed by atoms with Gasteiger partial charge in [0.05, 0.1) is 10.7 Å². The molecule has 2 rings (SSSR count). The van der Waals surface area contributed by atoms with Gasteiger partial charge in [-0.1, -0.05) is 23.2 Å². The highest BCUT2D eigenvalue weighted by Gasteiger charge is 2.08. The second kappa shape index (κ2) is 5.42. The molecule has 0 bridgehead atoms. The van der Waals surface area contributed by atoms with Gasteiger partial charge in [-0.05, 0) is 25.1 Å². The summed E-state index contributed by atoms with van der Waals surface area (Å²) in [5, 5.41) is 7.35. The Balaban J connectivity index is 2.37. The van der Waals surface area contributed by atoms with Crippen molar-refractivity contribution in [2.75, 3.05) is 17.7 Å². The van der Waals surface area contributed by atoms with Crippen LogP contribution in [0, 0.1) is 6.92 Å². The summed E-state index contributed by atoms with van der Waals surface area (Å²) in [5.41, 5.74) is 1.63. The van der Waals surface area contributed by atoms with Crippen LogP contribution < -0.4 is 10.6 Å². The minimum Gasteiger partial charge on any atom is -0.373 e. The maximum atomic E-state index is 6.09. The topological polar surface area (TPSA) is 49.8 Å². The van der Waals surface area contributed by atoms with E-state index in [-0.39, 0.29) is 0 Å². The zero-order chi connectivity index (χ0) is 13.1. The number of rotatable bonds is 3. The Labute approximate surface area is 115 Å². The standard InChI is InChI=1S/C12H12Cl2N4/c1-7-11(15-2)16-6-17-12(7)18-10-5-8(13)3-4-9(10)14/h3-6H,1-2H3,(H2,15,16,17,18). The predicted molar refractivity (Wildman–Crippen MR) is 76.1 cm³/mol. The largest absolute Gasteiger partial charge is 0.373 e. The molecule has 0 aliphatic rings. The van der Waals surface area contributed by atoms with Gasteiger partial charge in [0.1, 0.15) is 18.0 Å². The van der Waals surface area contributed by atoms with Crippen molar-refractivity contribution < 1.29 is 0 Å². The van der Waals surface area contributed by atoms with E-state index < -0.39 is 0 Å². The molecule has 0 aliphatic heterocycles. The fourth-order valence-corrected chi connectivity index (χ4v) is 1.89. The minimum absolute atomic E-state index is 0.586. The third-order valence-electron chi connectivity index (χ3n) is 2.50. The van der Waals surface area contributed by atoms with Crippen molar-refractivity contribution in [1.82, 2.24) is 9.97 Å². The fraction of sp³-hybridized carbons (Fsp3) is 0.167. The van der Waals surface area contributed by atoms with E-state index in [9.17, 15) is 0 Å². The normalized spacial score (nSPS) is 10.2. The molecule has 1 aromatic heterocycles. The van der Waals surface area contributed by atoms with Crippen molar-refractivity contribution in [3.63, 3.8) is 0 Å². The van der Waals surface area contributed by atoms with E-state index in [4.69, 9.17) is 23.2 Å². The van der Waals surface area contributed by atoms with Crippen LogP contribution in [0.1, 0.15) is 5.56 Å². The van der Waals surface area contributed by atoms with Gasteiger partial charge in [0.25, 0.3) is 0 Å². The van der Waals surface area contributed by atoms with E-state index in [0.717, 1.165) is 11.4 Å². The summed E-state index contributed by atoms with van der Waals surface area (Å²) < 4.78 is 0. The lowest BCUT2D eigenvalue weighted by Crippen LogP contribution is -2.02. The second-order valence-corrected chi connectivity index (χ2v) is 4.54. The van der Waals surface area contributed by atoms with Crippen LogP contribution in [0.2, 0.25) is 10.0 Å². The lowest BCUT2D eigenvalue weighted by atomic mass is 10.2. The summed E-state index contributed by atoms with van der Waals surface area (Å²) in [5.74, 6) is 1.46. The molecule has 94 valence electrons. The number of halogens is 2. The Kier molecular flexibility index (Phi) is 3.89. The van der Waals surface area contributed by atoms with Gasteiger partial charge in [-0.3, -0.25) is 0 Å². The van der Waals surface area contributed by atoms with Crippen LogP contribution in [0.3, 0.4) is 0 Å². The van der Waals surface area contributed by atoms with E-state index in [1.165, 1.54) is 6.33 Å². The van der Waals surface area contributed by atoms with Crippen molar-refractivity contribution in [2.45, 2.75) is 6.92 Å². The van der Waals surface area contributed by atoms with E-state index in [0.29, 0.717) is 21.6 Å². The fourth-order valence-electron chi connectivity index (χ4n) is 1.55. The van der Waals surface area contributed by atoms with Gasteiger partial charge in [0.2, 0.25) is 0 Å². The maximum absolute atomic E-state index is 6.09. The van der Waals surface area contributed by atoms with Gasteiger partial charge in [0, 0.05) is 17.6 Å². The van der Waals surface area contributed by atoms with Crippen LogP contribution in [0.25, 0.3) is 0 Å². The van der Waals surface area contributed by atoms with Crippen LogP contribution in [0.4, 0.5) is 17.3 Å². The first-order chi connectivity index (χ1) is 8.61. The molecule has 0 radical (unpaired) electrons. The highest BCUT2D eigenvalue weighted by Crippen LogP contribution is 2.29. The molecule has 0 saturated carbocycles. The minimum atomic E-state index is 0.586. The number of aromatic nitrogens is 2. The van der Waals surface area contributed by atoms with E-state index in [1.807, 2.05) is 14.0 Å². The summed E-state index contributed by atoms with van der Waals surface area (Å²) in [4.78, 5) is 8.31. The molecule has 0 atom stereocenters. The van der Waals surface area contributed by atoms with Crippen LogP contribution in [0.15, 0.2) is 24.5 Å². The monoisotopic (exact) mass is 282 g/mol. The Morgan fingerprint density at radius 2 is 1.83 bits per heavy atom. The SMILES string of the molecule is CNc1ncnc(Nc2cc(Cl)ccc2Cl)c1C. The average Bonchev–Trinajstić information content (AvgIpc) is 2.36. The van der Waals surface area contributed by atoms with E-state index >= 15 is 0 Å². The number of hydrogen-bond acceptors (Lipinski definition) is 4. The first kappa shape index (κ1) is 12.9. The van der Waals surface area contributed by atoms with Crippen LogP contribution in [-0.2, 0) is 0 Å². The van der Waals surface area contributed by atoms with Gasteiger partial charge >= 0.3 is 0 Å². The Hall–Kier alpha value is -1.52. The first-order valence-electron chi connectivity index (χ1n) is 5.33. The molecule has 0 aliphatic carbocycles. The summed E-state index contributed by atoms with van der Waals surface area (Å²) in [6.07, 6.45) is 1.49. The van der Waals surface area contributed by atoms with Crippen LogP contribution in [-0.4, -0.2) is 17.0 Å². The lowest BCUT2D eigenvalue weighted by molar-refractivity contribution is 1.12. The van der Waals surface area contributed by atoms with Crippen LogP contribution >= 0.6 is 23.2 Å². The molecule has 0 fully saturated rings. The number of nitrogens with zero attached hydrogens (tertiary/aromatic N) is 2. The molecule has 0 saturated heterocycles. The van der Waals surface area contributed by atoms with Crippen molar-refractivity contribution >= 4 is 40.5 Å². The molecule has 4 nitrogen and oxygen atoms in total. The third kappa shape index (κ3) is 2.66. The molecule has 0 amide bonds. The smallest absolute Gasteiger partial charge is 0.138 e. The molecule has 0 spiro atoms. The molecule has 18 heavy (non-hydrogen) atoms. The van der Waals surface area contributed by atoms with Crippen molar-refractivity contribution in [3.8, 4) is 0 Å². The predicted octanol–water partition coefficient (Wildman–Crippen LogP) is 3.88. The zero-order valence-electron chi connectivity index (χ0n) is 9.96. The Morgan fingerprint density at radius 1 is 1.11 bits per heavy atom. The molecular weight excluding hydrogens is 271 g/mol. The molecular formula is C12H12Cl2N4. The van der Waals surface area contributed by atoms with Gasteiger partial charge in [-0.15, -0.1) is 0 Å². The van der Waals surface area contributed by atoms with E-state index in [2.05, 4.69) is 20.6 Å². The van der Waals surface area contributed by atoms with Crippen molar-refractivity contribution in [2.24, 2.45) is 0 Å². The molecule has 0 unspecified atom stereocenters. The summed E-state index contributed by atoms with van der Waals surface area (Å²) >= 11 is 12.0. The van der Waals surface area contributed by atoms with Crippen molar-refractivity contribution in [3.05, 3.63) is 40.1 Å². The zero-order valence-corrected chi connectivity index (χ0v) is 11.5. The van der Waals surface area contributed by atoms with E-state index in [1.54, 1.807) is 18.2 Å².